The van der Waals surface area contributed by atoms with Crippen molar-refractivity contribution in [3.05, 3.63) is 21.2 Å². The van der Waals surface area contributed by atoms with E-state index < -0.39 is 5.54 Å². The number of hydrogen-bond donors (Lipinski definition) is 2. The van der Waals surface area contributed by atoms with Gasteiger partial charge in [0.2, 0.25) is 5.88 Å². The van der Waals surface area contributed by atoms with Crippen molar-refractivity contribution in [2.75, 3.05) is 6.61 Å². The monoisotopic (exact) mass is 261 g/mol. The van der Waals surface area contributed by atoms with Crippen molar-refractivity contribution in [2.45, 2.75) is 19.4 Å². The van der Waals surface area contributed by atoms with Gasteiger partial charge in [-0.05, 0) is 29.8 Å². The molecule has 0 radical (unpaired) electrons. The standard InChI is InChI=1S/C8H12BrN3O2/c1-8(2,10)3-14-7-5(9)6(13)11-4-12-7/h4H,3,10H2,1-2H3,(H,11,12,13). The molecule has 0 saturated heterocycles. The quantitative estimate of drug-likeness (QED) is 0.837. The van der Waals surface area contributed by atoms with Gasteiger partial charge in [-0.25, -0.2) is 4.98 Å². The molecule has 0 fully saturated rings. The molecule has 5 nitrogen and oxygen atoms in total. The first kappa shape index (κ1) is 11.2. The van der Waals surface area contributed by atoms with Crippen LogP contribution in [0.2, 0.25) is 0 Å². The van der Waals surface area contributed by atoms with Gasteiger partial charge in [0.05, 0.1) is 6.33 Å². The summed E-state index contributed by atoms with van der Waals surface area (Å²) in [6.07, 6.45) is 1.28. The summed E-state index contributed by atoms with van der Waals surface area (Å²) in [5.41, 5.74) is 4.99. The Kier molecular flexibility index (Phi) is 3.28. The Balaban J connectivity index is 2.78. The fraction of sp³-hybridized carbons (Fsp3) is 0.500. The molecule has 0 saturated carbocycles. The molecule has 1 aromatic heterocycles. The first-order valence-corrected chi connectivity index (χ1v) is 4.84. The molecule has 0 aliphatic heterocycles. The molecular weight excluding hydrogens is 250 g/mol. The van der Waals surface area contributed by atoms with Crippen LogP contribution >= 0.6 is 15.9 Å². The van der Waals surface area contributed by atoms with Crippen molar-refractivity contribution in [3.63, 3.8) is 0 Å². The maximum absolute atomic E-state index is 11.1. The summed E-state index contributed by atoms with van der Waals surface area (Å²) in [6.45, 7) is 3.95. The molecule has 0 amide bonds. The molecule has 1 heterocycles. The van der Waals surface area contributed by atoms with E-state index in [4.69, 9.17) is 10.5 Å². The lowest BCUT2D eigenvalue weighted by Gasteiger charge is -2.18. The highest BCUT2D eigenvalue weighted by molar-refractivity contribution is 9.10. The molecule has 78 valence electrons. The number of nitrogens with one attached hydrogen (secondary N) is 1. The van der Waals surface area contributed by atoms with Crippen molar-refractivity contribution in [1.29, 1.82) is 0 Å². The minimum absolute atomic E-state index is 0.257. The van der Waals surface area contributed by atoms with E-state index in [9.17, 15) is 4.79 Å². The lowest BCUT2D eigenvalue weighted by atomic mass is 10.1. The Morgan fingerprint density at radius 3 is 2.93 bits per heavy atom. The molecule has 0 spiro atoms. The van der Waals surface area contributed by atoms with Crippen LogP contribution in [0, 0.1) is 0 Å². The molecular formula is C8H12BrN3O2. The molecule has 1 rings (SSSR count). The fourth-order valence-corrected chi connectivity index (χ4v) is 1.05. The molecule has 0 unspecified atom stereocenters. The van der Waals surface area contributed by atoms with Crippen LogP contribution < -0.4 is 16.0 Å². The second-order valence-corrected chi connectivity index (χ2v) is 4.42. The van der Waals surface area contributed by atoms with Gasteiger partial charge >= 0.3 is 0 Å². The first-order valence-electron chi connectivity index (χ1n) is 4.05. The summed E-state index contributed by atoms with van der Waals surface area (Å²) in [7, 11) is 0. The van der Waals surface area contributed by atoms with Gasteiger partial charge in [-0.2, -0.15) is 0 Å². The van der Waals surface area contributed by atoms with Crippen LogP contribution in [-0.4, -0.2) is 22.1 Å². The third-order valence-electron chi connectivity index (χ3n) is 1.35. The topological polar surface area (TPSA) is 81.0 Å². The van der Waals surface area contributed by atoms with Crippen LogP contribution in [0.5, 0.6) is 5.88 Å². The molecule has 3 N–H and O–H groups in total. The van der Waals surface area contributed by atoms with Crippen LogP contribution in [0.1, 0.15) is 13.8 Å². The Morgan fingerprint density at radius 2 is 2.36 bits per heavy atom. The van der Waals surface area contributed by atoms with E-state index in [1.54, 1.807) is 0 Å². The third-order valence-corrected chi connectivity index (χ3v) is 2.04. The zero-order valence-electron chi connectivity index (χ0n) is 8.00. The lowest BCUT2D eigenvalue weighted by Crippen LogP contribution is -2.39. The maximum atomic E-state index is 11.1. The van der Waals surface area contributed by atoms with Gasteiger partial charge in [0.25, 0.3) is 5.56 Å². The number of hydrogen-bond acceptors (Lipinski definition) is 4. The number of rotatable bonds is 3. The molecule has 0 aliphatic carbocycles. The van der Waals surface area contributed by atoms with Crippen LogP contribution in [0.25, 0.3) is 0 Å². The van der Waals surface area contributed by atoms with Crippen molar-refractivity contribution >= 4 is 15.9 Å². The van der Waals surface area contributed by atoms with Gasteiger partial charge in [0.1, 0.15) is 11.1 Å². The molecule has 6 heteroatoms. The van der Waals surface area contributed by atoms with Gasteiger partial charge in [0, 0.05) is 5.54 Å². The number of nitrogens with zero attached hydrogens (tertiary/aromatic N) is 1. The molecule has 0 aliphatic rings. The number of aromatic nitrogens is 2. The average molecular weight is 262 g/mol. The highest BCUT2D eigenvalue weighted by atomic mass is 79.9. The van der Waals surface area contributed by atoms with E-state index in [0.717, 1.165) is 0 Å². The summed E-state index contributed by atoms with van der Waals surface area (Å²) < 4.78 is 5.56. The van der Waals surface area contributed by atoms with E-state index >= 15 is 0 Å². The Hall–Kier alpha value is -0.880. The van der Waals surface area contributed by atoms with Crippen LogP contribution in [0.4, 0.5) is 0 Å². The van der Waals surface area contributed by atoms with E-state index in [1.165, 1.54) is 6.33 Å². The second-order valence-electron chi connectivity index (χ2n) is 3.63. The molecule has 1 aromatic rings. The summed E-state index contributed by atoms with van der Waals surface area (Å²) >= 11 is 3.08. The van der Waals surface area contributed by atoms with Gasteiger partial charge in [-0.15, -0.1) is 0 Å². The summed E-state index contributed by atoms with van der Waals surface area (Å²) in [5, 5.41) is 0. The minimum Gasteiger partial charge on any atom is -0.475 e. The largest absolute Gasteiger partial charge is 0.475 e. The van der Waals surface area contributed by atoms with Crippen molar-refractivity contribution in [3.8, 4) is 5.88 Å². The molecule has 0 atom stereocenters. The SMILES string of the molecule is CC(C)(N)COc1nc[nH]c(=O)c1Br. The third kappa shape index (κ3) is 3.12. The van der Waals surface area contributed by atoms with Crippen LogP contribution in [0.15, 0.2) is 15.6 Å². The van der Waals surface area contributed by atoms with Gasteiger partial charge in [-0.3, -0.25) is 4.79 Å². The van der Waals surface area contributed by atoms with Crippen molar-refractivity contribution < 1.29 is 4.74 Å². The number of aromatic amines is 1. The van der Waals surface area contributed by atoms with Crippen LogP contribution in [0.3, 0.4) is 0 Å². The van der Waals surface area contributed by atoms with Crippen molar-refractivity contribution in [1.82, 2.24) is 9.97 Å². The Labute approximate surface area is 89.8 Å². The van der Waals surface area contributed by atoms with E-state index in [-0.39, 0.29) is 15.9 Å². The number of nitrogens with two attached hydrogens (primary N) is 1. The van der Waals surface area contributed by atoms with Crippen LogP contribution in [-0.2, 0) is 0 Å². The van der Waals surface area contributed by atoms with Gasteiger partial charge in [0.15, 0.2) is 0 Å². The maximum Gasteiger partial charge on any atom is 0.268 e. The second kappa shape index (κ2) is 4.10. The number of ether oxygens (including phenoxy) is 1. The highest BCUT2D eigenvalue weighted by Gasteiger charge is 2.14. The lowest BCUT2D eigenvalue weighted by molar-refractivity contribution is 0.233. The number of halogens is 1. The van der Waals surface area contributed by atoms with Crippen molar-refractivity contribution in [2.24, 2.45) is 5.73 Å². The first-order chi connectivity index (χ1) is 6.40. The van der Waals surface area contributed by atoms with Gasteiger partial charge < -0.3 is 15.5 Å². The van der Waals surface area contributed by atoms with Gasteiger partial charge in [-0.1, -0.05) is 0 Å². The average Bonchev–Trinajstić information content (AvgIpc) is 2.06. The predicted octanol–water partition coefficient (Wildman–Crippen LogP) is 0.648. The summed E-state index contributed by atoms with van der Waals surface area (Å²) in [6, 6.07) is 0. The predicted molar refractivity (Wildman–Crippen MR) is 56.3 cm³/mol. The normalized spacial score (nSPS) is 11.4. The molecule has 0 aromatic carbocycles. The zero-order valence-corrected chi connectivity index (χ0v) is 9.59. The zero-order chi connectivity index (χ0) is 10.8. The fourth-order valence-electron chi connectivity index (χ4n) is 0.722. The highest BCUT2D eigenvalue weighted by Crippen LogP contribution is 2.16. The Bertz CT molecular complexity index is 370. The number of H-pyrrole nitrogens is 1. The summed E-state index contributed by atoms with van der Waals surface area (Å²) in [4.78, 5) is 17.4. The van der Waals surface area contributed by atoms with E-state index in [1.807, 2.05) is 13.8 Å². The Morgan fingerprint density at radius 1 is 1.71 bits per heavy atom. The molecule has 14 heavy (non-hydrogen) atoms. The molecule has 0 bridgehead atoms. The van der Waals surface area contributed by atoms with E-state index in [2.05, 4.69) is 25.9 Å². The smallest absolute Gasteiger partial charge is 0.268 e. The summed E-state index contributed by atoms with van der Waals surface area (Å²) in [5.74, 6) is 0.257. The van der Waals surface area contributed by atoms with E-state index in [0.29, 0.717) is 6.61 Å². The minimum atomic E-state index is -0.455.